The molecule has 0 aliphatic rings. The number of nitrogens with zero attached hydrogens (tertiary/aromatic N) is 1. The van der Waals surface area contributed by atoms with Crippen molar-refractivity contribution >= 4 is 32.4 Å². The summed E-state index contributed by atoms with van der Waals surface area (Å²) in [4.78, 5) is 5.06. The van der Waals surface area contributed by atoms with E-state index >= 15 is 0 Å². The summed E-state index contributed by atoms with van der Waals surface area (Å²) in [5, 5.41) is 6.24. The third kappa shape index (κ3) is 2.20. The van der Waals surface area contributed by atoms with Crippen molar-refractivity contribution in [2.75, 3.05) is 0 Å². The topological polar surface area (TPSA) is 12.9 Å². The third-order valence-corrected chi connectivity index (χ3v) is 4.90. The van der Waals surface area contributed by atoms with Crippen molar-refractivity contribution in [1.29, 1.82) is 0 Å². The quantitative estimate of drug-likeness (QED) is 0.321. The van der Waals surface area contributed by atoms with E-state index in [0.29, 0.717) is 0 Å². The van der Waals surface area contributed by atoms with Crippen LogP contribution in [0.5, 0.6) is 0 Å². The lowest BCUT2D eigenvalue weighted by Crippen LogP contribution is -1.89. The molecule has 118 valence electrons. The van der Waals surface area contributed by atoms with Gasteiger partial charge in [-0.25, -0.2) is 4.98 Å². The first-order valence-corrected chi connectivity index (χ1v) is 8.58. The minimum atomic E-state index is 1.02. The molecule has 0 spiro atoms. The lowest BCUT2D eigenvalue weighted by molar-refractivity contribution is 1.39. The van der Waals surface area contributed by atoms with Crippen LogP contribution in [0, 0.1) is 6.92 Å². The highest BCUT2D eigenvalue weighted by atomic mass is 14.7. The first-order valence-electron chi connectivity index (χ1n) is 8.58. The monoisotopic (exact) mass is 319 g/mol. The second-order valence-corrected chi connectivity index (χ2v) is 6.55. The Kier molecular flexibility index (Phi) is 3.07. The SMILES string of the molecule is Cc1cccc(-c2ccc3c4ccccc4c4ccccc4c3n2)c1. The van der Waals surface area contributed by atoms with E-state index < -0.39 is 0 Å². The molecule has 0 saturated carbocycles. The fourth-order valence-electron chi connectivity index (χ4n) is 3.72. The molecule has 0 unspecified atom stereocenters. The summed E-state index contributed by atoms with van der Waals surface area (Å²) >= 11 is 0. The molecule has 1 heterocycles. The van der Waals surface area contributed by atoms with Crippen LogP contribution in [-0.4, -0.2) is 4.98 Å². The van der Waals surface area contributed by atoms with Crippen LogP contribution in [0.15, 0.2) is 84.9 Å². The van der Waals surface area contributed by atoms with Crippen LogP contribution in [0.3, 0.4) is 0 Å². The molecular formula is C24H17N. The number of hydrogen-bond donors (Lipinski definition) is 0. The van der Waals surface area contributed by atoms with E-state index in [9.17, 15) is 0 Å². The van der Waals surface area contributed by atoms with Crippen molar-refractivity contribution in [3.63, 3.8) is 0 Å². The molecule has 5 rings (SSSR count). The number of fused-ring (bicyclic) bond motifs is 6. The van der Waals surface area contributed by atoms with E-state index in [0.717, 1.165) is 11.2 Å². The van der Waals surface area contributed by atoms with Crippen LogP contribution in [0.25, 0.3) is 43.7 Å². The molecule has 1 nitrogen and oxygen atoms in total. The molecular weight excluding hydrogens is 302 g/mol. The number of aryl methyl sites for hydroxylation is 1. The molecule has 0 saturated heterocycles. The maximum Gasteiger partial charge on any atom is 0.0794 e. The fourth-order valence-corrected chi connectivity index (χ4v) is 3.72. The maximum absolute atomic E-state index is 5.06. The lowest BCUT2D eigenvalue weighted by atomic mass is 9.96. The van der Waals surface area contributed by atoms with Gasteiger partial charge in [0.15, 0.2) is 0 Å². The van der Waals surface area contributed by atoms with E-state index in [1.165, 1.54) is 38.1 Å². The zero-order chi connectivity index (χ0) is 16.8. The van der Waals surface area contributed by atoms with Crippen LogP contribution in [0.1, 0.15) is 5.56 Å². The van der Waals surface area contributed by atoms with Gasteiger partial charge in [-0.05, 0) is 41.3 Å². The highest BCUT2D eigenvalue weighted by Crippen LogP contribution is 2.35. The average Bonchev–Trinajstić information content (AvgIpc) is 2.68. The molecule has 0 atom stereocenters. The molecule has 0 radical (unpaired) electrons. The van der Waals surface area contributed by atoms with Crippen molar-refractivity contribution < 1.29 is 0 Å². The van der Waals surface area contributed by atoms with Crippen LogP contribution < -0.4 is 0 Å². The molecule has 0 aliphatic carbocycles. The second kappa shape index (κ2) is 5.42. The summed E-state index contributed by atoms with van der Waals surface area (Å²) in [6, 6.07) is 30.1. The van der Waals surface area contributed by atoms with E-state index in [4.69, 9.17) is 4.98 Å². The molecule has 0 N–H and O–H groups in total. The van der Waals surface area contributed by atoms with Gasteiger partial charge in [0.25, 0.3) is 0 Å². The predicted molar refractivity (Wildman–Crippen MR) is 107 cm³/mol. The van der Waals surface area contributed by atoms with Crippen molar-refractivity contribution in [1.82, 2.24) is 4.98 Å². The summed E-state index contributed by atoms with van der Waals surface area (Å²) in [6.45, 7) is 2.12. The Balaban J connectivity index is 1.93. The smallest absolute Gasteiger partial charge is 0.0794 e. The Bertz CT molecular complexity index is 1220. The van der Waals surface area contributed by atoms with Crippen LogP contribution in [0.2, 0.25) is 0 Å². The first kappa shape index (κ1) is 14.2. The Morgan fingerprint density at radius 3 is 1.84 bits per heavy atom. The number of rotatable bonds is 1. The molecule has 4 aromatic carbocycles. The zero-order valence-electron chi connectivity index (χ0n) is 14.0. The van der Waals surface area contributed by atoms with Gasteiger partial charge in [0.2, 0.25) is 0 Å². The number of hydrogen-bond acceptors (Lipinski definition) is 1. The summed E-state index contributed by atoms with van der Waals surface area (Å²) in [7, 11) is 0. The van der Waals surface area contributed by atoms with E-state index in [-0.39, 0.29) is 0 Å². The van der Waals surface area contributed by atoms with Crippen molar-refractivity contribution in [3.05, 3.63) is 90.5 Å². The Labute approximate surface area is 146 Å². The van der Waals surface area contributed by atoms with Gasteiger partial charge in [-0.1, -0.05) is 72.3 Å². The number of benzene rings is 4. The average molecular weight is 319 g/mol. The van der Waals surface area contributed by atoms with Gasteiger partial charge in [-0.3, -0.25) is 0 Å². The van der Waals surface area contributed by atoms with Gasteiger partial charge in [0.05, 0.1) is 11.2 Å². The Morgan fingerprint density at radius 1 is 0.560 bits per heavy atom. The largest absolute Gasteiger partial charge is 0.247 e. The van der Waals surface area contributed by atoms with E-state index in [1.54, 1.807) is 0 Å². The third-order valence-electron chi connectivity index (χ3n) is 4.90. The van der Waals surface area contributed by atoms with Gasteiger partial charge in [-0.15, -0.1) is 0 Å². The van der Waals surface area contributed by atoms with Crippen LogP contribution in [0.4, 0.5) is 0 Å². The Morgan fingerprint density at radius 2 is 1.16 bits per heavy atom. The molecule has 5 aromatic rings. The van der Waals surface area contributed by atoms with Crippen molar-refractivity contribution in [3.8, 4) is 11.3 Å². The van der Waals surface area contributed by atoms with Gasteiger partial charge in [0.1, 0.15) is 0 Å². The minimum absolute atomic E-state index is 1.02. The lowest BCUT2D eigenvalue weighted by Gasteiger charge is -2.11. The number of pyridine rings is 1. The van der Waals surface area contributed by atoms with Gasteiger partial charge >= 0.3 is 0 Å². The summed E-state index contributed by atoms with van der Waals surface area (Å²) in [5.74, 6) is 0. The normalized spacial score (nSPS) is 11.4. The summed E-state index contributed by atoms with van der Waals surface area (Å²) in [5.41, 5.74) is 4.52. The molecule has 0 aliphatic heterocycles. The minimum Gasteiger partial charge on any atom is -0.247 e. The molecule has 1 aromatic heterocycles. The standard InChI is InChI=1S/C24H17N/c1-16-7-6-8-17(15-16)23-14-13-22-20-11-3-2-9-18(20)19-10-4-5-12-21(19)24(22)25-23/h2-15H,1H3. The maximum atomic E-state index is 5.06. The predicted octanol–water partition coefficient (Wildman–Crippen LogP) is 6.52. The van der Waals surface area contributed by atoms with Gasteiger partial charge in [0, 0.05) is 16.3 Å². The second-order valence-electron chi connectivity index (χ2n) is 6.55. The molecule has 0 bridgehead atoms. The number of aromatic nitrogens is 1. The van der Waals surface area contributed by atoms with Crippen LogP contribution >= 0.6 is 0 Å². The van der Waals surface area contributed by atoms with Crippen LogP contribution in [-0.2, 0) is 0 Å². The molecule has 25 heavy (non-hydrogen) atoms. The van der Waals surface area contributed by atoms with E-state index in [2.05, 4.69) is 91.9 Å². The highest BCUT2D eigenvalue weighted by molar-refractivity contribution is 6.24. The summed E-state index contributed by atoms with van der Waals surface area (Å²) < 4.78 is 0. The Hall–Kier alpha value is -3.19. The van der Waals surface area contributed by atoms with Crippen molar-refractivity contribution in [2.45, 2.75) is 6.92 Å². The van der Waals surface area contributed by atoms with Crippen molar-refractivity contribution in [2.24, 2.45) is 0 Å². The molecule has 1 heteroatoms. The molecule has 0 amide bonds. The fraction of sp³-hybridized carbons (Fsp3) is 0.0417. The molecule has 0 fully saturated rings. The van der Waals surface area contributed by atoms with Gasteiger partial charge < -0.3 is 0 Å². The van der Waals surface area contributed by atoms with E-state index in [1.807, 2.05) is 0 Å². The summed E-state index contributed by atoms with van der Waals surface area (Å²) in [6.07, 6.45) is 0. The zero-order valence-corrected chi connectivity index (χ0v) is 14.0. The first-order chi connectivity index (χ1) is 12.3. The van der Waals surface area contributed by atoms with Gasteiger partial charge in [-0.2, -0.15) is 0 Å². The highest BCUT2D eigenvalue weighted by Gasteiger charge is 2.10.